The summed E-state index contributed by atoms with van der Waals surface area (Å²) in [4.78, 5) is 11.6. The van der Waals surface area contributed by atoms with Gasteiger partial charge in [-0.3, -0.25) is 10.1 Å². The smallest absolute Gasteiger partial charge is 0.145 e. The van der Waals surface area contributed by atoms with Gasteiger partial charge >= 0.3 is 0 Å². The number of hydrogen-bond acceptors (Lipinski definition) is 6. The van der Waals surface area contributed by atoms with Crippen molar-refractivity contribution >= 4 is 22.5 Å². The van der Waals surface area contributed by atoms with Crippen LogP contribution >= 0.6 is 0 Å². The van der Waals surface area contributed by atoms with Gasteiger partial charge in [0.2, 0.25) is 0 Å². The third-order valence-corrected chi connectivity index (χ3v) is 5.16. The maximum absolute atomic E-state index is 5.42. The SMILES string of the molecule is c1cc(N2CCOCC2)ccc1CNc1cnc2cc(-c3cn[nH]c3)ccc2n1. The maximum atomic E-state index is 5.42. The summed E-state index contributed by atoms with van der Waals surface area (Å²) in [5, 5.41) is 10.2. The largest absolute Gasteiger partial charge is 0.378 e. The predicted octanol–water partition coefficient (Wildman–Crippen LogP) is 3.47. The first kappa shape index (κ1) is 17.6. The van der Waals surface area contributed by atoms with Gasteiger partial charge in [0.25, 0.3) is 0 Å². The lowest BCUT2D eigenvalue weighted by Crippen LogP contribution is -2.36. The normalized spacial score (nSPS) is 14.3. The third kappa shape index (κ3) is 3.90. The summed E-state index contributed by atoms with van der Waals surface area (Å²) in [7, 11) is 0. The van der Waals surface area contributed by atoms with Crippen molar-refractivity contribution in [3.8, 4) is 11.1 Å². The molecule has 1 fully saturated rings. The van der Waals surface area contributed by atoms with Crippen LogP contribution < -0.4 is 10.2 Å². The molecule has 5 rings (SSSR count). The van der Waals surface area contributed by atoms with Gasteiger partial charge in [-0.1, -0.05) is 18.2 Å². The summed E-state index contributed by atoms with van der Waals surface area (Å²) in [5.41, 5.74) is 6.29. The zero-order valence-corrected chi connectivity index (χ0v) is 16.0. The number of nitrogens with zero attached hydrogens (tertiary/aromatic N) is 4. The van der Waals surface area contributed by atoms with Crippen LogP contribution in [0.4, 0.5) is 11.5 Å². The van der Waals surface area contributed by atoms with Gasteiger partial charge in [0, 0.05) is 37.1 Å². The van der Waals surface area contributed by atoms with E-state index in [9.17, 15) is 0 Å². The second-order valence-corrected chi connectivity index (χ2v) is 7.07. The second-order valence-electron chi connectivity index (χ2n) is 7.07. The van der Waals surface area contributed by atoms with Gasteiger partial charge in [-0.05, 0) is 35.4 Å². The number of morpholine rings is 1. The minimum absolute atomic E-state index is 0.705. The van der Waals surface area contributed by atoms with Crippen LogP contribution in [0, 0.1) is 0 Å². The fourth-order valence-electron chi connectivity index (χ4n) is 3.52. The Hall–Kier alpha value is -3.45. The lowest BCUT2D eigenvalue weighted by Gasteiger charge is -2.28. The lowest BCUT2D eigenvalue weighted by atomic mass is 10.1. The standard InChI is InChI=1S/C22H22N6O/c1-4-19(28-7-9-29-10-8-28)5-2-16(1)12-24-22-15-23-21-11-17(3-6-20(21)27-22)18-13-25-26-14-18/h1-6,11,13-15H,7-10,12H2,(H,24,27)(H,25,26). The van der Waals surface area contributed by atoms with Gasteiger partial charge < -0.3 is 15.0 Å². The number of rotatable bonds is 5. The summed E-state index contributed by atoms with van der Waals surface area (Å²) >= 11 is 0. The number of anilines is 2. The van der Waals surface area contributed by atoms with Crippen molar-refractivity contribution in [3.05, 3.63) is 66.6 Å². The molecule has 0 unspecified atom stereocenters. The van der Waals surface area contributed by atoms with Crippen molar-refractivity contribution in [1.29, 1.82) is 0 Å². The molecule has 2 N–H and O–H groups in total. The molecule has 0 aliphatic carbocycles. The summed E-state index contributed by atoms with van der Waals surface area (Å²) in [6.45, 7) is 4.21. The molecular formula is C22H22N6O. The van der Waals surface area contributed by atoms with Crippen molar-refractivity contribution in [2.45, 2.75) is 6.54 Å². The molecule has 2 aromatic heterocycles. The summed E-state index contributed by atoms with van der Waals surface area (Å²) in [5.74, 6) is 0.769. The van der Waals surface area contributed by atoms with E-state index in [1.165, 1.54) is 11.3 Å². The van der Waals surface area contributed by atoms with Gasteiger partial charge in [-0.25, -0.2) is 4.98 Å². The molecule has 0 radical (unpaired) electrons. The highest BCUT2D eigenvalue weighted by Gasteiger charge is 2.10. The topological polar surface area (TPSA) is 79.0 Å². The zero-order valence-electron chi connectivity index (χ0n) is 16.0. The molecule has 0 saturated carbocycles. The van der Waals surface area contributed by atoms with E-state index in [4.69, 9.17) is 4.74 Å². The molecule has 29 heavy (non-hydrogen) atoms. The fourth-order valence-corrected chi connectivity index (χ4v) is 3.52. The number of benzene rings is 2. The van der Waals surface area contributed by atoms with Gasteiger partial charge in [0.1, 0.15) is 5.82 Å². The first-order valence-electron chi connectivity index (χ1n) is 9.77. The monoisotopic (exact) mass is 386 g/mol. The molecule has 7 heteroatoms. The molecule has 0 bridgehead atoms. The van der Waals surface area contributed by atoms with Crippen molar-refractivity contribution in [2.75, 3.05) is 36.5 Å². The lowest BCUT2D eigenvalue weighted by molar-refractivity contribution is 0.122. The van der Waals surface area contributed by atoms with Crippen molar-refractivity contribution < 1.29 is 4.74 Å². The van der Waals surface area contributed by atoms with Crippen molar-refractivity contribution in [3.63, 3.8) is 0 Å². The van der Waals surface area contributed by atoms with Crippen LogP contribution in [0.25, 0.3) is 22.2 Å². The predicted molar refractivity (Wildman–Crippen MR) is 114 cm³/mol. The molecule has 0 amide bonds. The van der Waals surface area contributed by atoms with E-state index in [-0.39, 0.29) is 0 Å². The first-order chi connectivity index (χ1) is 14.3. The van der Waals surface area contributed by atoms with E-state index < -0.39 is 0 Å². The quantitative estimate of drug-likeness (QED) is 0.547. The number of fused-ring (bicyclic) bond motifs is 1. The minimum Gasteiger partial charge on any atom is -0.378 e. The Bertz CT molecular complexity index is 1090. The van der Waals surface area contributed by atoms with Crippen LogP contribution in [0.2, 0.25) is 0 Å². The average molecular weight is 386 g/mol. The summed E-state index contributed by atoms with van der Waals surface area (Å²) in [6.07, 6.45) is 5.45. The van der Waals surface area contributed by atoms with Crippen LogP contribution in [0.5, 0.6) is 0 Å². The number of H-pyrrole nitrogens is 1. The zero-order chi connectivity index (χ0) is 19.5. The molecule has 7 nitrogen and oxygen atoms in total. The van der Waals surface area contributed by atoms with Gasteiger partial charge in [0.05, 0.1) is 36.6 Å². The number of ether oxygens (including phenoxy) is 1. The molecule has 2 aromatic carbocycles. The van der Waals surface area contributed by atoms with Crippen LogP contribution in [0.1, 0.15) is 5.56 Å². The molecule has 1 aliphatic heterocycles. The number of aromatic nitrogens is 4. The maximum Gasteiger partial charge on any atom is 0.145 e. The van der Waals surface area contributed by atoms with E-state index in [1.54, 1.807) is 12.4 Å². The van der Waals surface area contributed by atoms with Gasteiger partial charge in [-0.2, -0.15) is 5.10 Å². The highest BCUT2D eigenvalue weighted by Crippen LogP contribution is 2.22. The Kier molecular flexibility index (Phi) is 4.80. The van der Waals surface area contributed by atoms with Crippen LogP contribution in [0.15, 0.2) is 61.1 Å². The second kappa shape index (κ2) is 7.89. The average Bonchev–Trinajstić information content (AvgIpc) is 3.33. The Balaban J connectivity index is 1.26. The third-order valence-electron chi connectivity index (χ3n) is 5.16. The molecule has 1 aliphatic rings. The first-order valence-corrected chi connectivity index (χ1v) is 9.77. The van der Waals surface area contributed by atoms with E-state index in [1.807, 2.05) is 24.4 Å². The van der Waals surface area contributed by atoms with Crippen molar-refractivity contribution in [2.24, 2.45) is 0 Å². The summed E-state index contributed by atoms with van der Waals surface area (Å²) < 4.78 is 5.42. The molecule has 0 spiro atoms. The van der Waals surface area contributed by atoms with Crippen LogP contribution in [0.3, 0.4) is 0 Å². The molecule has 146 valence electrons. The Morgan fingerprint density at radius 2 is 1.83 bits per heavy atom. The van der Waals surface area contributed by atoms with Crippen LogP contribution in [-0.4, -0.2) is 46.5 Å². The Morgan fingerprint density at radius 3 is 2.62 bits per heavy atom. The van der Waals surface area contributed by atoms with E-state index in [0.717, 1.165) is 54.3 Å². The Morgan fingerprint density at radius 1 is 0.966 bits per heavy atom. The molecule has 3 heterocycles. The van der Waals surface area contributed by atoms with Crippen LogP contribution in [-0.2, 0) is 11.3 Å². The van der Waals surface area contributed by atoms with E-state index in [2.05, 4.69) is 54.6 Å². The van der Waals surface area contributed by atoms with E-state index >= 15 is 0 Å². The highest BCUT2D eigenvalue weighted by molar-refractivity contribution is 5.81. The van der Waals surface area contributed by atoms with Gasteiger partial charge in [0.15, 0.2) is 0 Å². The fraction of sp³-hybridized carbons (Fsp3) is 0.227. The van der Waals surface area contributed by atoms with Crippen molar-refractivity contribution in [1.82, 2.24) is 20.2 Å². The minimum atomic E-state index is 0.705. The van der Waals surface area contributed by atoms with E-state index in [0.29, 0.717) is 6.54 Å². The molecular weight excluding hydrogens is 364 g/mol. The number of aromatic amines is 1. The number of nitrogens with one attached hydrogen (secondary N) is 2. The molecule has 1 saturated heterocycles. The Labute approximate surface area is 168 Å². The highest BCUT2D eigenvalue weighted by atomic mass is 16.5. The van der Waals surface area contributed by atoms with Gasteiger partial charge in [-0.15, -0.1) is 0 Å². The number of hydrogen-bond donors (Lipinski definition) is 2. The molecule has 0 atom stereocenters. The summed E-state index contributed by atoms with van der Waals surface area (Å²) in [6, 6.07) is 14.7. The molecule has 4 aromatic rings.